The molecule has 0 aliphatic carbocycles. The van der Waals surface area contributed by atoms with Gasteiger partial charge in [-0.15, -0.1) is 0 Å². The van der Waals surface area contributed by atoms with Gasteiger partial charge in [0.05, 0.1) is 13.6 Å². The third-order valence-corrected chi connectivity index (χ3v) is 8.24. The molecule has 1 aliphatic rings. The van der Waals surface area contributed by atoms with Crippen LogP contribution < -0.4 is 0 Å². The molecule has 206 valence electrons. The van der Waals surface area contributed by atoms with Gasteiger partial charge in [-0.3, -0.25) is 14.3 Å². The Morgan fingerprint density at radius 2 is 1.79 bits per heavy atom. The molecule has 3 heterocycles. The van der Waals surface area contributed by atoms with Crippen LogP contribution in [0.15, 0.2) is 36.5 Å². The molecule has 2 aromatic heterocycles. The van der Waals surface area contributed by atoms with E-state index in [-0.39, 0.29) is 5.97 Å². The first kappa shape index (κ1) is 28.4. The number of fused-ring (bicyclic) bond motifs is 3. The van der Waals surface area contributed by atoms with E-state index in [2.05, 4.69) is 60.8 Å². The minimum atomic E-state index is -0.0360. The summed E-state index contributed by atoms with van der Waals surface area (Å²) < 4.78 is 9.12. The number of carbonyl (C=O) groups is 1. The molecule has 5 nitrogen and oxygen atoms in total. The number of ether oxygens (including phenoxy) is 1. The molecule has 0 fully saturated rings. The Balaban J connectivity index is 1.34. The van der Waals surface area contributed by atoms with Gasteiger partial charge in [-0.1, -0.05) is 69.6 Å². The van der Waals surface area contributed by atoms with Crippen molar-refractivity contribution < 1.29 is 14.0 Å². The maximum absolute atomic E-state index is 12.5. The summed E-state index contributed by atoms with van der Waals surface area (Å²) in [5, 5.41) is 1.36. The number of benzene rings is 1. The Morgan fingerprint density at radius 3 is 2.53 bits per heavy atom. The van der Waals surface area contributed by atoms with Crippen LogP contribution in [0.3, 0.4) is 0 Å². The third kappa shape index (κ3) is 7.47. The minimum Gasteiger partial charge on any atom is -0.415 e. The number of pyridine rings is 1. The van der Waals surface area contributed by atoms with Crippen molar-refractivity contribution in [3.8, 4) is 0 Å². The third-order valence-electron chi connectivity index (χ3n) is 8.24. The van der Waals surface area contributed by atoms with Gasteiger partial charge in [-0.05, 0) is 50.5 Å². The van der Waals surface area contributed by atoms with Crippen LogP contribution in [0.4, 0.5) is 0 Å². The summed E-state index contributed by atoms with van der Waals surface area (Å²) >= 11 is 0. The lowest BCUT2D eigenvalue weighted by Gasteiger charge is -2.37. The molecular formula is C33H48N3O2+. The number of aromatic nitrogens is 2. The maximum atomic E-state index is 12.5. The Bertz CT molecular complexity index is 1200. The second kappa shape index (κ2) is 13.4. The molecule has 0 N–H and O–H groups in total. The Morgan fingerprint density at radius 1 is 1.03 bits per heavy atom. The number of esters is 1. The molecule has 1 unspecified atom stereocenters. The fourth-order valence-electron chi connectivity index (χ4n) is 5.85. The number of quaternary nitrogens is 1. The molecule has 0 saturated carbocycles. The van der Waals surface area contributed by atoms with Gasteiger partial charge in [0.25, 0.3) is 0 Å². The smallest absolute Gasteiger partial charge is 0.310 e. The number of hydrogen-bond acceptors (Lipinski definition) is 3. The standard InChI is InChI=1S/C33H48N3O2/c1-5-6-7-8-9-10-11-12-13-33(37)38-25-36(4)21-19-32-30(24-36)29-22-26(2)14-17-31(29)35(32)20-18-28-16-15-27(3)34-23-28/h14-17,22-23H,5-13,18-21,24-25H2,1-4H3/q+1. The molecule has 0 amide bonds. The van der Waals surface area contributed by atoms with Crippen LogP contribution in [0.1, 0.15) is 92.8 Å². The summed E-state index contributed by atoms with van der Waals surface area (Å²) in [5.74, 6) is -0.0360. The summed E-state index contributed by atoms with van der Waals surface area (Å²) in [5.41, 5.74) is 7.82. The summed E-state index contributed by atoms with van der Waals surface area (Å²) in [4.78, 5) is 17.0. The van der Waals surface area contributed by atoms with E-state index < -0.39 is 0 Å². The van der Waals surface area contributed by atoms with Gasteiger partial charge in [0.2, 0.25) is 6.73 Å². The average Bonchev–Trinajstić information content (AvgIpc) is 3.20. The fraction of sp³-hybridized carbons (Fsp3) is 0.576. The average molecular weight is 519 g/mol. The number of likely N-dealkylation sites (N-methyl/N-ethyl adjacent to an activating group) is 1. The minimum absolute atomic E-state index is 0.0360. The van der Waals surface area contributed by atoms with Gasteiger partial charge in [0.15, 0.2) is 0 Å². The summed E-state index contributed by atoms with van der Waals surface area (Å²) in [6.07, 6.45) is 14.4. The number of rotatable bonds is 14. The molecule has 38 heavy (non-hydrogen) atoms. The van der Waals surface area contributed by atoms with Crippen molar-refractivity contribution >= 4 is 16.9 Å². The van der Waals surface area contributed by atoms with E-state index >= 15 is 0 Å². The van der Waals surface area contributed by atoms with Crippen LogP contribution in [0.25, 0.3) is 10.9 Å². The Kier molecular flexibility index (Phi) is 10.0. The predicted octanol–water partition coefficient (Wildman–Crippen LogP) is 7.43. The second-order valence-corrected chi connectivity index (χ2v) is 11.8. The SMILES string of the molecule is CCCCCCCCCCC(=O)OC[N+]1(C)CCc2c(c3cc(C)ccc3n2CCc2ccc(C)nc2)C1. The van der Waals surface area contributed by atoms with Crippen molar-refractivity contribution in [2.24, 2.45) is 0 Å². The topological polar surface area (TPSA) is 44.1 Å². The molecule has 4 rings (SSSR count). The molecule has 0 spiro atoms. The van der Waals surface area contributed by atoms with Crippen molar-refractivity contribution in [2.45, 2.75) is 104 Å². The van der Waals surface area contributed by atoms with E-state index in [1.54, 1.807) is 0 Å². The second-order valence-electron chi connectivity index (χ2n) is 11.8. The van der Waals surface area contributed by atoms with Gasteiger partial charge >= 0.3 is 5.97 Å². The van der Waals surface area contributed by atoms with Gasteiger partial charge in [0.1, 0.15) is 6.54 Å². The van der Waals surface area contributed by atoms with Gasteiger partial charge in [0, 0.05) is 53.4 Å². The predicted molar refractivity (Wildman–Crippen MR) is 156 cm³/mol. The van der Waals surface area contributed by atoms with E-state index in [0.29, 0.717) is 13.2 Å². The van der Waals surface area contributed by atoms with Crippen molar-refractivity contribution in [3.63, 3.8) is 0 Å². The summed E-state index contributed by atoms with van der Waals surface area (Å²) in [6, 6.07) is 11.1. The first-order chi connectivity index (χ1) is 18.4. The molecule has 1 aromatic carbocycles. The fourth-order valence-corrected chi connectivity index (χ4v) is 5.85. The lowest BCUT2D eigenvalue weighted by atomic mass is 10.0. The normalized spacial score (nSPS) is 17.1. The van der Waals surface area contributed by atoms with Crippen molar-refractivity contribution in [1.29, 1.82) is 0 Å². The first-order valence-electron chi connectivity index (χ1n) is 14.9. The highest BCUT2D eigenvalue weighted by Crippen LogP contribution is 2.34. The number of aryl methyl sites for hydroxylation is 4. The highest BCUT2D eigenvalue weighted by molar-refractivity contribution is 5.86. The number of nitrogens with zero attached hydrogens (tertiary/aromatic N) is 3. The van der Waals surface area contributed by atoms with E-state index in [4.69, 9.17) is 4.74 Å². The zero-order valence-corrected chi connectivity index (χ0v) is 24.2. The molecule has 5 heteroatoms. The van der Waals surface area contributed by atoms with E-state index in [1.165, 1.54) is 71.8 Å². The van der Waals surface area contributed by atoms with Crippen LogP contribution in [-0.4, -0.2) is 40.3 Å². The van der Waals surface area contributed by atoms with Crippen molar-refractivity contribution in [1.82, 2.24) is 9.55 Å². The first-order valence-corrected chi connectivity index (χ1v) is 14.9. The van der Waals surface area contributed by atoms with Crippen LogP contribution in [0, 0.1) is 13.8 Å². The van der Waals surface area contributed by atoms with Crippen molar-refractivity contribution in [2.75, 3.05) is 20.3 Å². The van der Waals surface area contributed by atoms with Crippen LogP contribution in [0.5, 0.6) is 0 Å². The number of hydrogen-bond donors (Lipinski definition) is 0. The molecule has 3 aromatic rings. The lowest BCUT2D eigenvalue weighted by molar-refractivity contribution is -0.940. The van der Waals surface area contributed by atoms with Gasteiger partial charge < -0.3 is 9.30 Å². The Hall–Kier alpha value is -2.66. The van der Waals surface area contributed by atoms with E-state index in [0.717, 1.165) is 55.5 Å². The quantitative estimate of drug-likeness (QED) is 0.127. The van der Waals surface area contributed by atoms with Gasteiger partial charge in [-0.25, -0.2) is 0 Å². The molecule has 0 radical (unpaired) electrons. The highest BCUT2D eigenvalue weighted by Gasteiger charge is 2.34. The molecular weight excluding hydrogens is 470 g/mol. The summed E-state index contributed by atoms with van der Waals surface area (Å²) in [7, 11) is 2.24. The van der Waals surface area contributed by atoms with Crippen LogP contribution in [-0.2, 0) is 35.5 Å². The van der Waals surface area contributed by atoms with E-state index in [1.807, 2.05) is 13.1 Å². The molecule has 0 bridgehead atoms. The number of carbonyl (C=O) groups excluding carboxylic acids is 1. The molecule has 1 atom stereocenters. The number of unbranched alkanes of at least 4 members (excludes halogenated alkanes) is 7. The molecule has 1 aliphatic heterocycles. The lowest BCUT2D eigenvalue weighted by Crippen LogP contribution is -2.49. The van der Waals surface area contributed by atoms with Crippen molar-refractivity contribution in [3.05, 3.63) is 64.6 Å². The van der Waals surface area contributed by atoms with Crippen LogP contribution in [0.2, 0.25) is 0 Å². The zero-order valence-electron chi connectivity index (χ0n) is 24.2. The Labute approximate surface area is 229 Å². The van der Waals surface area contributed by atoms with Crippen LogP contribution >= 0.6 is 0 Å². The zero-order chi connectivity index (χ0) is 27.0. The maximum Gasteiger partial charge on any atom is 0.310 e. The highest BCUT2D eigenvalue weighted by atomic mass is 16.5. The van der Waals surface area contributed by atoms with Gasteiger partial charge in [-0.2, -0.15) is 0 Å². The van der Waals surface area contributed by atoms with E-state index in [9.17, 15) is 4.79 Å². The summed E-state index contributed by atoms with van der Waals surface area (Å²) in [6.45, 7) is 9.76. The largest absolute Gasteiger partial charge is 0.415 e. The monoisotopic (exact) mass is 518 g/mol. The molecule has 0 saturated heterocycles.